The van der Waals surface area contributed by atoms with Crippen molar-refractivity contribution in [3.05, 3.63) is 52.0 Å². The van der Waals surface area contributed by atoms with Gasteiger partial charge in [0.05, 0.1) is 12.8 Å². The molecular formula is C21H25ClN2O3. The van der Waals surface area contributed by atoms with Gasteiger partial charge in [-0.15, -0.1) is 0 Å². The summed E-state index contributed by atoms with van der Waals surface area (Å²) in [7, 11) is 1.50. The van der Waals surface area contributed by atoms with Crippen LogP contribution in [0.3, 0.4) is 0 Å². The topological polar surface area (TPSA) is 67.4 Å². The molecule has 6 heteroatoms. The lowest BCUT2D eigenvalue weighted by Crippen LogP contribution is -2.22. The zero-order chi connectivity index (χ0) is 20.1. The number of rotatable bonds is 6. The molecule has 0 unspecified atom stereocenters. The molecular weight excluding hydrogens is 364 g/mol. The maximum atomic E-state index is 12.4. The zero-order valence-electron chi connectivity index (χ0n) is 16.3. The minimum absolute atomic E-state index is 0.260. The molecule has 2 rings (SSSR count). The van der Waals surface area contributed by atoms with Crippen molar-refractivity contribution in [2.24, 2.45) is 0 Å². The Bertz CT molecular complexity index is 863. The van der Waals surface area contributed by atoms with Gasteiger partial charge in [0.15, 0.2) is 0 Å². The first kappa shape index (κ1) is 20.8. The van der Waals surface area contributed by atoms with Crippen molar-refractivity contribution in [1.82, 2.24) is 0 Å². The molecule has 27 heavy (non-hydrogen) atoms. The van der Waals surface area contributed by atoms with Crippen LogP contribution in [0.4, 0.5) is 11.4 Å². The smallest absolute Gasteiger partial charge is 0.233 e. The summed E-state index contributed by atoms with van der Waals surface area (Å²) in [6.07, 6.45) is -0.295. The molecule has 0 atom stereocenters. The molecule has 0 heterocycles. The Kier molecular flexibility index (Phi) is 6.86. The Morgan fingerprint density at radius 2 is 1.74 bits per heavy atom. The number of ether oxygens (including phenoxy) is 1. The number of methoxy groups -OCH3 is 1. The lowest BCUT2D eigenvalue weighted by molar-refractivity contribution is -0.123. The first-order valence-electron chi connectivity index (χ1n) is 8.76. The van der Waals surface area contributed by atoms with E-state index in [0.717, 1.165) is 22.4 Å². The van der Waals surface area contributed by atoms with Crippen molar-refractivity contribution in [1.29, 1.82) is 0 Å². The van der Waals surface area contributed by atoms with Gasteiger partial charge in [0.1, 0.15) is 12.2 Å². The quantitative estimate of drug-likeness (QED) is 0.680. The maximum Gasteiger partial charge on any atom is 0.233 e. The normalized spacial score (nSPS) is 10.6. The third-order valence-electron chi connectivity index (χ3n) is 4.27. The van der Waals surface area contributed by atoms with Gasteiger partial charge < -0.3 is 15.4 Å². The molecule has 2 N–H and O–H groups in total. The Labute approximate surface area is 165 Å². The van der Waals surface area contributed by atoms with Crippen molar-refractivity contribution in [2.75, 3.05) is 17.7 Å². The van der Waals surface area contributed by atoms with Gasteiger partial charge in [0.2, 0.25) is 11.8 Å². The first-order valence-corrected chi connectivity index (χ1v) is 9.14. The van der Waals surface area contributed by atoms with E-state index < -0.39 is 5.91 Å². The van der Waals surface area contributed by atoms with Crippen LogP contribution in [0.2, 0.25) is 5.02 Å². The third-order valence-corrected chi connectivity index (χ3v) is 4.67. The molecule has 2 aromatic carbocycles. The number of carbonyl (C=O) groups excluding carboxylic acids is 2. The molecule has 0 saturated heterocycles. The largest absolute Gasteiger partial charge is 0.495 e. The Balaban J connectivity index is 2.10. The molecule has 0 bridgehead atoms. The molecule has 0 aromatic heterocycles. The molecule has 2 amide bonds. The maximum absolute atomic E-state index is 12.4. The molecule has 5 nitrogen and oxygen atoms in total. The van der Waals surface area contributed by atoms with E-state index in [4.69, 9.17) is 16.3 Å². The van der Waals surface area contributed by atoms with E-state index in [1.54, 1.807) is 12.1 Å². The highest BCUT2D eigenvalue weighted by Crippen LogP contribution is 2.31. The lowest BCUT2D eigenvalue weighted by Gasteiger charge is -2.16. The second kappa shape index (κ2) is 8.91. The van der Waals surface area contributed by atoms with Crippen molar-refractivity contribution < 1.29 is 14.3 Å². The second-order valence-corrected chi connectivity index (χ2v) is 7.18. The van der Waals surface area contributed by atoms with Crippen LogP contribution in [-0.4, -0.2) is 18.9 Å². The van der Waals surface area contributed by atoms with E-state index in [9.17, 15) is 9.59 Å². The third kappa shape index (κ3) is 5.23. The fourth-order valence-electron chi connectivity index (χ4n) is 2.80. The summed E-state index contributed by atoms with van der Waals surface area (Å²) >= 11 is 6.07. The highest BCUT2D eigenvalue weighted by atomic mass is 35.5. The molecule has 144 valence electrons. The molecule has 0 spiro atoms. The fraction of sp³-hybridized carbons (Fsp3) is 0.333. The minimum atomic E-state index is -0.424. The van der Waals surface area contributed by atoms with Crippen LogP contribution < -0.4 is 15.4 Å². The number of hydrogen-bond acceptors (Lipinski definition) is 3. The van der Waals surface area contributed by atoms with Crippen molar-refractivity contribution in [3.8, 4) is 5.75 Å². The van der Waals surface area contributed by atoms with Gasteiger partial charge in [0.25, 0.3) is 0 Å². The van der Waals surface area contributed by atoms with E-state index in [2.05, 4.69) is 24.5 Å². The molecule has 0 saturated carbocycles. The molecule has 0 radical (unpaired) electrons. The Hall–Kier alpha value is -2.53. The minimum Gasteiger partial charge on any atom is -0.495 e. The summed E-state index contributed by atoms with van der Waals surface area (Å²) in [6.45, 7) is 7.89. The average Bonchev–Trinajstić information content (AvgIpc) is 2.59. The number of halogens is 1. The van der Waals surface area contributed by atoms with Gasteiger partial charge in [-0.3, -0.25) is 9.59 Å². The zero-order valence-corrected chi connectivity index (χ0v) is 17.0. The van der Waals surface area contributed by atoms with Gasteiger partial charge >= 0.3 is 0 Å². The SMILES string of the molecule is COc1cc(Cl)c(C)cc1NC(=O)CC(=O)Nc1c(C)cccc1C(C)C. The number of hydrogen-bond donors (Lipinski definition) is 2. The average molecular weight is 389 g/mol. The van der Waals surface area contributed by atoms with Crippen LogP contribution in [0.5, 0.6) is 5.75 Å². The van der Waals surface area contributed by atoms with Crippen LogP contribution in [0, 0.1) is 13.8 Å². The predicted molar refractivity (Wildman–Crippen MR) is 110 cm³/mol. The van der Waals surface area contributed by atoms with Crippen LogP contribution in [0.15, 0.2) is 30.3 Å². The van der Waals surface area contributed by atoms with Crippen molar-refractivity contribution in [3.63, 3.8) is 0 Å². The number of benzene rings is 2. The molecule has 0 aliphatic rings. The monoisotopic (exact) mass is 388 g/mol. The van der Waals surface area contributed by atoms with E-state index >= 15 is 0 Å². The van der Waals surface area contributed by atoms with E-state index in [1.165, 1.54) is 7.11 Å². The highest BCUT2D eigenvalue weighted by Gasteiger charge is 2.16. The number of aryl methyl sites for hydroxylation is 2. The summed E-state index contributed by atoms with van der Waals surface area (Å²) < 4.78 is 5.24. The van der Waals surface area contributed by atoms with Crippen molar-refractivity contribution in [2.45, 2.75) is 40.0 Å². The molecule has 0 aliphatic heterocycles. The summed E-state index contributed by atoms with van der Waals surface area (Å²) in [4.78, 5) is 24.7. The van der Waals surface area contributed by atoms with E-state index in [-0.39, 0.29) is 18.2 Å². The number of nitrogens with one attached hydrogen (secondary N) is 2. The highest BCUT2D eigenvalue weighted by molar-refractivity contribution is 6.31. The Morgan fingerprint density at radius 3 is 2.37 bits per heavy atom. The summed E-state index contributed by atoms with van der Waals surface area (Å²) in [6, 6.07) is 9.23. The summed E-state index contributed by atoms with van der Waals surface area (Å²) in [5.41, 5.74) is 4.06. The van der Waals surface area contributed by atoms with Gasteiger partial charge in [-0.05, 0) is 42.5 Å². The van der Waals surface area contributed by atoms with Crippen LogP contribution in [-0.2, 0) is 9.59 Å². The van der Waals surface area contributed by atoms with Crippen molar-refractivity contribution >= 4 is 34.8 Å². The standard InChI is InChI=1S/C21H25ClN2O3/c1-12(2)15-8-6-7-13(3)21(15)24-20(26)11-19(25)23-17-9-14(4)16(22)10-18(17)27-5/h6-10,12H,11H2,1-5H3,(H,23,25)(H,24,26). The first-order chi connectivity index (χ1) is 12.7. The van der Waals surface area contributed by atoms with Crippen LogP contribution >= 0.6 is 11.6 Å². The van der Waals surface area contributed by atoms with Gasteiger partial charge in [-0.2, -0.15) is 0 Å². The number of amides is 2. The molecule has 0 fully saturated rings. The molecule has 0 aliphatic carbocycles. The number of para-hydroxylation sites is 1. The van der Waals surface area contributed by atoms with Gasteiger partial charge in [-0.1, -0.05) is 43.6 Å². The summed E-state index contributed by atoms with van der Waals surface area (Å²) in [5.74, 6) is -0.0868. The van der Waals surface area contributed by atoms with E-state index in [0.29, 0.717) is 16.5 Å². The van der Waals surface area contributed by atoms with E-state index in [1.807, 2.05) is 32.0 Å². The van der Waals surface area contributed by atoms with Crippen LogP contribution in [0.1, 0.15) is 42.9 Å². The Morgan fingerprint density at radius 1 is 1.07 bits per heavy atom. The lowest BCUT2D eigenvalue weighted by atomic mass is 9.98. The fourth-order valence-corrected chi connectivity index (χ4v) is 2.95. The van der Waals surface area contributed by atoms with Gasteiger partial charge in [0, 0.05) is 16.8 Å². The van der Waals surface area contributed by atoms with Crippen LogP contribution in [0.25, 0.3) is 0 Å². The second-order valence-electron chi connectivity index (χ2n) is 6.77. The predicted octanol–water partition coefficient (Wildman–Crippen LogP) is 5.06. The summed E-state index contributed by atoms with van der Waals surface area (Å²) in [5, 5.41) is 6.13. The number of carbonyl (C=O) groups is 2. The number of anilines is 2. The van der Waals surface area contributed by atoms with Gasteiger partial charge in [-0.25, -0.2) is 0 Å². The molecule has 2 aromatic rings.